The van der Waals surface area contributed by atoms with Crippen molar-refractivity contribution in [3.05, 3.63) is 78.9 Å². The molecule has 0 amide bonds. The summed E-state index contributed by atoms with van der Waals surface area (Å²) in [7, 11) is -2.37. The number of hydrogen-bond acceptors (Lipinski definition) is 5. The molecule has 0 saturated heterocycles. The Morgan fingerprint density at radius 3 is 2.30 bits per heavy atom. The summed E-state index contributed by atoms with van der Waals surface area (Å²) in [6.07, 6.45) is 3.06. The van der Waals surface area contributed by atoms with E-state index in [1.807, 2.05) is 30.3 Å². The molecular weight excluding hydrogens is 438 g/mol. The van der Waals surface area contributed by atoms with Crippen LogP contribution in [-0.2, 0) is 14.8 Å². The predicted octanol–water partition coefficient (Wildman–Crippen LogP) is 5.24. The molecule has 0 radical (unpaired) electrons. The van der Waals surface area contributed by atoms with Crippen LogP contribution in [0.1, 0.15) is 32.6 Å². The van der Waals surface area contributed by atoms with Crippen molar-refractivity contribution in [1.82, 2.24) is 4.72 Å². The van der Waals surface area contributed by atoms with Gasteiger partial charge in [-0.1, -0.05) is 63.1 Å². The highest BCUT2D eigenvalue weighted by atomic mass is 32.2. The van der Waals surface area contributed by atoms with Gasteiger partial charge in [-0.05, 0) is 53.6 Å². The highest BCUT2D eigenvalue weighted by Crippen LogP contribution is 2.23. The number of benzene rings is 3. The normalized spacial score (nSPS) is 12.3. The van der Waals surface area contributed by atoms with Crippen LogP contribution in [0.2, 0.25) is 0 Å². The zero-order valence-electron chi connectivity index (χ0n) is 18.9. The number of carbonyl (C=O) groups excluding carboxylic acids is 1. The molecule has 0 aliphatic rings. The fourth-order valence-corrected chi connectivity index (χ4v) is 4.72. The van der Waals surface area contributed by atoms with Crippen molar-refractivity contribution < 1.29 is 22.7 Å². The van der Waals surface area contributed by atoms with Gasteiger partial charge in [-0.2, -0.15) is 0 Å². The molecule has 0 heterocycles. The molecule has 0 aliphatic heterocycles. The first kappa shape index (κ1) is 24.5. The quantitative estimate of drug-likeness (QED) is 0.181. The zero-order chi connectivity index (χ0) is 23.8. The van der Waals surface area contributed by atoms with Crippen molar-refractivity contribution in [2.45, 2.75) is 43.5 Å². The maximum Gasteiger partial charge on any atom is 0.340 e. The van der Waals surface area contributed by atoms with E-state index in [1.54, 1.807) is 24.3 Å². The van der Waals surface area contributed by atoms with Crippen LogP contribution >= 0.6 is 0 Å². The van der Waals surface area contributed by atoms with Crippen molar-refractivity contribution in [2.24, 2.45) is 0 Å². The number of unbranched alkanes of at least 4 members (excludes halogenated alkanes) is 2. The Balaban J connectivity index is 1.77. The minimum absolute atomic E-state index is 0.0661. The number of methoxy groups -OCH3 is 1. The lowest BCUT2D eigenvalue weighted by atomic mass is 10.0. The summed E-state index contributed by atoms with van der Waals surface area (Å²) < 4.78 is 39.2. The summed E-state index contributed by atoms with van der Waals surface area (Å²) in [6, 6.07) is 18.4. The number of carbonyl (C=O) groups is 1. The number of fused-ring (bicyclic) bond motifs is 1. The van der Waals surface area contributed by atoms with E-state index in [1.165, 1.54) is 19.2 Å². The second-order valence-corrected chi connectivity index (χ2v) is 9.48. The first-order valence-electron chi connectivity index (χ1n) is 10.9. The van der Waals surface area contributed by atoms with Crippen LogP contribution in [0.4, 0.5) is 0 Å². The lowest BCUT2D eigenvalue weighted by molar-refractivity contribution is -0.130. The lowest BCUT2D eigenvalue weighted by Gasteiger charge is -2.20. The molecule has 0 bridgehead atoms. The smallest absolute Gasteiger partial charge is 0.340 e. The third-order valence-corrected chi connectivity index (χ3v) is 6.87. The number of nitrogens with one attached hydrogen (secondary N) is 1. The van der Waals surface area contributed by atoms with Crippen LogP contribution in [0.15, 0.2) is 83.8 Å². The van der Waals surface area contributed by atoms with Crippen LogP contribution in [0.3, 0.4) is 0 Å². The number of ether oxygens (including phenoxy) is 2. The summed E-state index contributed by atoms with van der Waals surface area (Å²) in [4.78, 5) is 12.9. The van der Waals surface area contributed by atoms with Gasteiger partial charge in [0.15, 0.2) is 0 Å². The molecule has 0 saturated carbocycles. The Kier molecular flexibility index (Phi) is 8.25. The lowest BCUT2D eigenvalue weighted by Crippen LogP contribution is -2.39. The van der Waals surface area contributed by atoms with Crippen LogP contribution in [0, 0.1) is 0 Å². The van der Waals surface area contributed by atoms with Gasteiger partial charge in [-0.15, -0.1) is 0 Å². The Labute approximate surface area is 195 Å². The van der Waals surface area contributed by atoms with Crippen LogP contribution < -0.4 is 14.2 Å². The van der Waals surface area contributed by atoms with E-state index in [0.29, 0.717) is 17.9 Å². The molecule has 3 aromatic rings. The second-order valence-electron chi connectivity index (χ2n) is 7.77. The van der Waals surface area contributed by atoms with E-state index in [-0.39, 0.29) is 10.5 Å². The minimum atomic E-state index is -3.88. The van der Waals surface area contributed by atoms with Gasteiger partial charge in [-0.3, -0.25) is 0 Å². The van der Waals surface area contributed by atoms with Crippen LogP contribution in [0.5, 0.6) is 11.5 Å². The topological polar surface area (TPSA) is 81.7 Å². The average Bonchev–Trinajstić information content (AvgIpc) is 2.83. The molecule has 0 unspecified atom stereocenters. The van der Waals surface area contributed by atoms with Crippen molar-refractivity contribution in [1.29, 1.82) is 0 Å². The monoisotopic (exact) mass is 467 g/mol. The second kappa shape index (κ2) is 11.1. The van der Waals surface area contributed by atoms with Gasteiger partial charge in [-0.25, -0.2) is 17.9 Å². The van der Waals surface area contributed by atoms with E-state index >= 15 is 0 Å². The number of rotatable bonds is 11. The summed E-state index contributed by atoms with van der Waals surface area (Å²) in [6.45, 7) is 5.93. The Morgan fingerprint density at radius 2 is 1.64 bits per heavy atom. The van der Waals surface area contributed by atoms with Crippen molar-refractivity contribution >= 4 is 26.8 Å². The van der Waals surface area contributed by atoms with Gasteiger partial charge in [0.05, 0.1) is 18.0 Å². The van der Waals surface area contributed by atoms with E-state index < -0.39 is 22.0 Å². The van der Waals surface area contributed by atoms with Gasteiger partial charge < -0.3 is 9.47 Å². The molecule has 174 valence electrons. The van der Waals surface area contributed by atoms with Gasteiger partial charge in [0.2, 0.25) is 10.0 Å². The summed E-state index contributed by atoms with van der Waals surface area (Å²) in [5.41, 5.74) is 0.0661. The number of sulfonamides is 1. The third kappa shape index (κ3) is 6.43. The van der Waals surface area contributed by atoms with Gasteiger partial charge >= 0.3 is 5.97 Å². The SMILES string of the molecule is C=C(C(=O)Oc1ccc2ccccc2c1)[C@H](CCCCC)NS(=O)(=O)c1ccc(OC)cc1. The highest BCUT2D eigenvalue weighted by molar-refractivity contribution is 7.89. The first-order chi connectivity index (χ1) is 15.8. The molecule has 33 heavy (non-hydrogen) atoms. The molecule has 0 spiro atoms. The molecule has 3 rings (SSSR count). The van der Waals surface area contributed by atoms with Crippen molar-refractivity contribution in [2.75, 3.05) is 7.11 Å². The molecular formula is C26H29NO5S. The van der Waals surface area contributed by atoms with Gasteiger partial charge in [0.1, 0.15) is 11.5 Å². The highest BCUT2D eigenvalue weighted by Gasteiger charge is 2.26. The maximum absolute atomic E-state index is 13.0. The summed E-state index contributed by atoms with van der Waals surface area (Å²) in [5.74, 6) is 0.270. The summed E-state index contributed by atoms with van der Waals surface area (Å²) in [5, 5.41) is 1.97. The van der Waals surface area contributed by atoms with Gasteiger partial charge in [0.25, 0.3) is 0 Å². The average molecular weight is 468 g/mol. The maximum atomic E-state index is 13.0. The van der Waals surface area contributed by atoms with E-state index in [2.05, 4.69) is 18.2 Å². The van der Waals surface area contributed by atoms with Crippen molar-refractivity contribution in [3.63, 3.8) is 0 Å². The van der Waals surface area contributed by atoms with Gasteiger partial charge in [0, 0.05) is 5.57 Å². The Hall–Kier alpha value is -3.16. The molecule has 0 aromatic heterocycles. The standard InChI is InChI=1S/C26H29NO5S/c1-4-5-6-11-25(27-33(29,30)24-16-14-22(31-3)15-17-24)19(2)26(28)32-23-13-12-20-9-7-8-10-21(20)18-23/h7-10,12-18,25,27H,2,4-6,11H2,1,3H3/t25-/m0/s1. The molecule has 6 nitrogen and oxygen atoms in total. The molecule has 0 aliphatic carbocycles. The minimum Gasteiger partial charge on any atom is -0.497 e. The molecule has 3 aromatic carbocycles. The van der Waals surface area contributed by atoms with Crippen molar-refractivity contribution in [3.8, 4) is 11.5 Å². The van der Waals surface area contributed by atoms with E-state index in [9.17, 15) is 13.2 Å². The Morgan fingerprint density at radius 1 is 0.970 bits per heavy atom. The molecule has 1 atom stereocenters. The fourth-order valence-electron chi connectivity index (χ4n) is 3.46. The largest absolute Gasteiger partial charge is 0.497 e. The zero-order valence-corrected chi connectivity index (χ0v) is 19.7. The molecule has 1 N–H and O–H groups in total. The van der Waals surface area contributed by atoms with Crippen LogP contribution in [-0.4, -0.2) is 27.5 Å². The molecule has 7 heteroatoms. The summed E-state index contributed by atoms with van der Waals surface area (Å²) >= 11 is 0. The third-order valence-electron chi connectivity index (χ3n) is 5.38. The molecule has 0 fully saturated rings. The number of hydrogen-bond donors (Lipinski definition) is 1. The van der Waals surface area contributed by atoms with E-state index in [4.69, 9.17) is 9.47 Å². The first-order valence-corrected chi connectivity index (χ1v) is 12.4. The number of esters is 1. The fraction of sp³-hybridized carbons (Fsp3) is 0.269. The van der Waals surface area contributed by atoms with Crippen LogP contribution in [0.25, 0.3) is 10.8 Å². The van der Waals surface area contributed by atoms with E-state index in [0.717, 1.165) is 30.0 Å². The predicted molar refractivity (Wildman–Crippen MR) is 130 cm³/mol. The Bertz CT molecular complexity index is 1220.